The summed E-state index contributed by atoms with van der Waals surface area (Å²) in [6, 6.07) is 7.17. The van der Waals surface area contributed by atoms with Crippen molar-refractivity contribution in [1.82, 2.24) is 5.32 Å². The number of rotatable bonds is 6. The van der Waals surface area contributed by atoms with Crippen LogP contribution in [0.3, 0.4) is 0 Å². The van der Waals surface area contributed by atoms with E-state index in [4.69, 9.17) is 0 Å². The molecule has 4 nitrogen and oxygen atoms in total. The molecule has 0 aliphatic carbocycles. The summed E-state index contributed by atoms with van der Waals surface area (Å²) in [6.07, 6.45) is -0.181. The Bertz CT molecular complexity index is 810. The number of hydrogen-bond donors (Lipinski definition) is 1. The van der Waals surface area contributed by atoms with E-state index >= 15 is 0 Å². The summed E-state index contributed by atoms with van der Waals surface area (Å²) in [5.41, 5.74) is 0.234. The highest BCUT2D eigenvalue weighted by molar-refractivity contribution is 5.92. The van der Waals surface area contributed by atoms with Crippen molar-refractivity contribution in [3.05, 3.63) is 65.2 Å². The Morgan fingerprint density at radius 2 is 1.62 bits per heavy atom. The largest absolute Gasteiger partial charge is 0.352 e. The Balaban J connectivity index is 1.98. The van der Waals surface area contributed by atoms with Gasteiger partial charge in [-0.25, -0.2) is 17.6 Å². The highest BCUT2D eigenvalue weighted by atomic mass is 19.2. The summed E-state index contributed by atoms with van der Waals surface area (Å²) in [5.74, 6) is -6.01. The molecule has 1 N–H and O–H groups in total. The highest BCUT2D eigenvalue weighted by Crippen LogP contribution is 2.24. The molecule has 26 heavy (non-hydrogen) atoms. The molecule has 0 heterocycles. The van der Waals surface area contributed by atoms with Gasteiger partial charge in [0, 0.05) is 26.4 Å². The van der Waals surface area contributed by atoms with Crippen LogP contribution >= 0.6 is 0 Å². The average molecular weight is 368 g/mol. The maximum atomic E-state index is 13.9. The highest BCUT2D eigenvalue weighted by Gasteiger charge is 2.21. The average Bonchev–Trinajstić information content (AvgIpc) is 2.61. The predicted octanol–water partition coefficient (Wildman–Crippen LogP) is 3.30. The number of amides is 2. The zero-order chi connectivity index (χ0) is 19.3. The summed E-state index contributed by atoms with van der Waals surface area (Å²) in [5, 5.41) is 2.57. The van der Waals surface area contributed by atoms with Crippen LogP contribution < -0.4 is 10.2 Å². The summed E-state index contributed by atoms with van der Waals surface area (Å²) < 4.78 is 53.0. The molecule has 0 unspecified atom stereocenters. The van der Waals surface area contributed by atoms with Crippen molar-refractivity contribution in [2.24, 2.45) is 0 Å². The number of halogens is 4. The van der Waals surface area contributed by atoms with Gasteiger partial charge in [-0.05, 0) is 29.8 Å². The molecule has 2 aromatic carbocycles. The molecule has 2 amide bonds. The van der Waals surface area contributed by atoms with E-state index in [9.17, 15) is 27.2 Å². The van der Waals surface area contributed by atoms with Crippen LogP contribution in [0.1, 0.15) is 18.9 Å². The van der Waals surface area contributed by atoms with E-state index in [-0.39, 0.29) is 19.5 Å². The summed E-state index contributed by atoms with van der Waals surface area (Å²) in [4.78, 5) is 24.4. The monoisotopic (exact) mass is 368 g/mol. The Labute approximate surface area is 147 Å². The molecule has 0 aromatic heterocycles. The maximum absolute atomic E-state index is 13.9. The predicted molar refractivity (Wildman–Crippen MR) is 87.2 cm³/mol. The number of anilines is 1. The van der Waals surface area contributed by atoms with E-state index in [1.807, 2.05) is 0 Å². The van der Waals surface area contributed by atoms with Crippen LogP contribution in [-0.4, -0.2) is 18.4 Å². The standard InChI is InChI=1S/C18H16F4N2O2/c1-11(25)24(15-7-6-14(20)17(21)18(15)22)9-8-16(26)23-10-12-2-4-13(19)5-3-12/h2-7H,8-10H2,1H3,(H,23,26). The van der Waals surface area contributed by atoms with E-state index in [0.717, 1.165) is 17.9 Å². The Kier molecular flexibility index (Phi) is 6.32. The maximum Gasteiger partial charge on any atom is 0.223 e. The normalized spacial score (nSPS) is 10.5. The molecule has 0 saturated carbocycles. The third-order valence-electron chi connectivity index (χ3n) is 3.65. The van der Waals surface area contributed by atoms with Gasteiger partial charge in [-0.1, -0.05) is 12.1 Å². The molecule has 8 heteroatoms. The van der Waals surface area contributed by atoms with E-state index in [1.165, 1.54) is 24.3 Å². The number of carbonyl (C=O) groups excluding carboxylic acids is 2. The molecule has 0 aliphatic rings. The number of nitrogens with zero attached hydrogens (tertiary/aromatic N) is 1. The minimum atomic E-state index is -1.69. The molecule has 0 spiro atoms. The molecule has 0 bridgehead atoms. The van der Waals surface area contributed by atoms with E-state index < -0.39 is 40.8 Å². The molecule has 0 saturated heterocycles. The second-order valence-electron chi connectivity index (χ2n) is 5.52. The molecule has 0 radical (unpaired) electrons. The van der Waals surface area contributed by atoms with Crippen LogP contribution in [0.25, 0.3) is 0 Å². The molecule has 138 valence electrons. The van der Waals surface area contributed by atoms with Crippen molar-refractivity contribution in [2.45, 2.75) is 19.9 Å². The van der Waals surface area contributed by atoms with Crippen LogP contribution in [0.4, 0.5) is 23.2 Å². The van der Waals surface area contributed by atoms with Gasteiger partial charge in [-0.3, -0.25) is 9.59 Å². The molecule has 2 rings (SSSR count). The Morgan fingerprint density at radius 1 is 0.962 bits per heavy atom. The first-order chi connectivity index (χ1) is 12.3. The van der Waals surface area contributed by atoms with Gasteiger partial charge in [-0.2, -0.15) is 0 Å². The van der Waals surface area contributed by atoms with Crippen LogP contribution in [0, 0.1) is 23.3 Å². The third-order valence-corrected chi connectivity index (χ3v) is 3.65. The lowest BCUT2D eigenvalue weighted by Crippen LogP contribution is -2.34. The van der Waals surface area contributed by atoms with Crippen molar-refractivity contribution in [3.63, 3.8) is 0 Å². The lowest BCUT2D eigenvalue weighted by atomic mass is 10.2. The van der Waals surface area contributed by atoms with Gasteiger partial charge in [0.15, 0.2) is 17.5 Å². The summed E-state index contributed by atoms with van der Waals surface area (Å²) >= 11 is 0. The quantitative estimate of drug-likeness (QED) is 0.628. The summed E-state index contributed by atoms with van der Waals surface area (Å²) in [7, 11) is 0. The number of carbonyl (C=O) groups is 2. The van der Waals surface area contributed by atoms with Crippen LogP contribution in [-0.2, 0) is 16.1 Å². The van der Waals surface area contributed by atoms with Crippen molar-refractivity contribution in [2.75, 3.05) is 11.4 Å². The van der Waals surface area contributed by atoms with Crippen LogP contribution in [0.15, 0.2) is 36.4 Å². The topological polar surface area (TPSA) is 49.4 Å². The minimum absolute atomic E-state index is 0.152. The molecule has 0 atom stereocenters. The minimum Gasteiger partial charge on any atom is -0.352 e. The smallest absolute Gasteiger partial charge is 0.223 e. The summed E-state index contributed by atoms with van der Waals surface area (Å²) in [6.45, 7) is 1.06. The van der Waals surface area contributed by atoms with Gasteiger partial charge >= 0.3 is 0 Å². The first-order valence-electron chi connectivity index (χ1n) is 7.72. The van der Waals surface area contributed by atoms with Gasteiger partial charge in [-0.15, -0.1) is 0 Å². The van der Waals surface area contributed by atoms with Crippen LogP contribution in [0.5, 0.6) is 0 Å². The van der Waals surface area contributed by atoms with Crippen molar-refractivity contribution < 1.29 is 27.2 Å². The second kappa shape index (κ2) is 8.46. The fourth-order valence-electron chi connectivity index (χ4n) is 2.28. The van der Waals surface area contributed by atoms with Gasteiger partial charge in [0.2, 0.25) is 11.8 Å². The lowest BCUT2D eigenvalue weighted by Gasteiger charge is -2.21. The van der Waals surface area contributed by atoms with Crippen molar-refractivity contribution in [3.8, 4) is 0 Å². The fourth-order valence-corrected chi connectivity index (χ4v) is 2.28. The number of nitrogens with one attached hydrogen (secondary N) is 1. The fraction of sp³-hybridized carbons (Fsp3) is 0.222. The first kappa shape index (κ1) is 19.4. The molecular formula is C18H16F4N2O2. The lowest BCUT2D eigenvalue weighted by molar-refractivity contribution is -0.121. The molecule has 2 aromatic rings. The zero-order valence-electron chi connectivity index (χ0n) is 13.9. The van der Waals surface area contributed by atoms with E-state index in [2.05, 4.69) is 5.32 Å². The van der Waals surface area contributed by atoms with Crippen molar-refractivity contribution >= 4 is 17.5 Å². The van der Waals surface area contributed by atoms with Crippen molar-refractivity contribution in [1.29, 1.82) is 0 Å². The van der Waals surface area contributed by atoms with E-state index in [1.54, 1.807) is 0 Å². The number of hydrogen-bond acceptors (Lipinski definition) is 2. The zero-order valence-corrected chi connectivity index (χ0v) is 13.9. The number of benzene rings is 2. The van der Waals surface area contributed by atoms with Gasteiger partial charge in [0.25, 0.3) is 0 Å². The second-order valence-corrected chi connectivity index (χ2v) is 5.52. The van der Waals surface area contributed by atoms with Crippen LogP contribution in [0.2, 0.25) is 0 Å². The van der Waals surface area contributed by atoms with Gasteiger partial charge in [0.05, 0.1) is 5.69 Å². The molecular weight excluding hydrogens is 352 g/mol. The van der Waals surface area contributed by atoms with Gasteiger partial charge in [0.1, 0.15) is 5.82 Å². The van der Waals surface area contributed by atoms with E-state index in [0.29, 0.717) is 11.6 Å². The Hall–Kier alpha value is -2.90. The first-order valence-corrected chi connectivity index (χ1v) is 7.72. The molecule has 0 fully saturated rings. The van der Waals surface area contributed by atoms with Gasteiger partial charge < -0.3 is 10.2 Å². The molecule has 0 aliphatic heterocycles. The SMILES string of the molecule is CC(=O)N(CCC(=O)NCc1ccc(F)cc1)c1ccc(F)c(F)c1F. The Morgan fingerprint density at radius 3 is 2.23 bits per heavy atom. The third kappa shape index (κ3) is 4.81.